The van der Waals surface area contributed by atoms with E-state index in [4.69, 9.17) is 11.6 Å². The minimum Gasteiger partial charge on any atom is -0.299 e. The summed E-state index contributed by atoms with van der Waals surface area (Å²) in [6.07, 6.45) is 6.21. The second kappa shape index (κ2) is 6.19. The molecule has 0 spiro atoms. The number of rotatable bonds is 6. The summed E-state index contributed by atoms with van der Waals surface area (Å²) < 4.78 is 0. The standard InChI is InChI=1S/C16H18ClO/c1-2-3-4-16(18)14-10-13(11-14)9-12-5-7-15(17)8-6-12/h2,5-8,14H,1,3-4,9-11H2. The van der Waals surface area contributed by atoms with Gasteiger partial charge in [0.2, 0.25) is 0 Å². The van der Waals surface area contributed by atoms with Gasteiger partial charge in [0, 0.05) is 17.4 Å². The third-order valence-electron chi connectivity index (χ3n) is 3.49. The molecule has 0 aromatic heterocycles. The van der Waals surface area contributed by atoms with E-state index >= 15 is 0 Å². The topological polar surface area (TPSA) is 17.1 Å². The smallest absolute Gasteiger partial charge is 0.136 e. The molecule has 0 bridgehead atoms. The highest BCUT2D eigenvalue weighted by Gasteiger charge is 2.33. The van der Waals surface area contributed by atoms with Gasteiger partial charge in [-0.2, -0.15) is 0 Å². The highest BCUT2D eigenvalue weighted by molar-refractivity contribution is 6.30. The Hall–Kier alpha value is -1.08. The molecule has 1 aromatic rings. The molecule has 95 valence electrons. The van der Waals surface area contributed by atoms with E-state index in [1.165, 1.54) is 11.5 Å². The summed E-state index contributed by atoms with van der Waals surface area (Å²) in [5, 5.41) is 0.773. The van der Waals surface area contributed by atoms with Gasteiger partial charge >= 0.3 is 0 Å². The van der Waals surface area contributed by atoms with Crippen LogP contribution in [0.4, 0.5) is 0 Å². The van der Waals surface area contributed by atoms with Gasteiger partial charge in [-0.05, 0) is 49.3 Å². The average molecular weight is 262 g/mol. The summed E-state index contributed by atoms with van der Waals surface area (Å²) in [5.74, 6) is 2.15. The number of halogens is 1. The molecule has 0 saturated heterocycles. The maximum atomic E-state index is 11.7. The Bertz CT molecular complexity index is 415. The van der Waals surface area contributed by atoms with Crippen molar-refractivity contribution in [1.29, 1.82) is 0 Å². The SMILES string of the molecule is C=CCCC(=O)C1C[C](Cc2ccc(Cl)cc2)C1. The van der Waals surface area contributed by atoms with Crippen LogP contribution in [-0.2, 0) is 11.2 Å². The van der Waals surface area contributed by atoms with Gasteiger partial charge < -0.3 is 0 Å². The molecule has 0 heterocycles. The van der Waals surface area contributed by atoms with Crippen molar-refractivity contribution >= 4 is 17.4 Å². The first kappa shape index (κ1) is 13.4. The summed E-state index contributed by atoms with van der Waals surface area (Å²) in [6, 6.07) is 7.95. The van der Waals surface area contributed by atoms with Crippen molar-refractivity contribution in [2.75, 3.05) is 0 Å². The highest BCUT2D eigenvalue weighted by Crippen LogP contribution is 2.39. The van der Waals surface area contributed by atoms with Gasteiger partial charge in [0.1, 0.15) is 5.78 Å². The second-order valence-corrected chi connectivity index (χ2v) is 5.39. The lowest BCUT2D eigenvalue weighted by Gasteiger charge is -2.34. The van der Waals surface area contributed by atoms with Crippen LogP contribution >= 0.6 is 11.6 Å². The number of benzene rings is 1. The quantitative estimate of drug-likeness (QED) is 0.694. The Balaban J connectivity index is 1.74. The van der Waals surface area contributed by atoms with E-state index in [9.17, 15) is 4.79 Å². The molecule has 0 unspecified atom stereocenters. The first-order valence-corrected chi connectivity index (χ1v) is 6.78. The van der Waals surface area contributed by atoms with Gasteiger partial charge in [0.15, 0.2) is 0 Å². The maximum absolute atomic E-state index is 11.7. The number of Topliss-reactive ketones (excluding diaryl/α,β-unsaturated/α-hetero) is 1. The molecule has 0 aliphatic heterocycles. The molecular weight excluding hydrogens is 244 g/mol. The Kier molecular flexibility index (Phi) is 4.60. The Morgan fingerprint density at radius 3 is 2.61 bits per heavy atom. The van der Waals surface area contributed by atoms with E-state index in [2.05, 4.69) is 18.7 Å². The van der Waals surface area contributed by atoms with Crippen LogP contribution in [0.2, 0.25) is 5.02 Å². The molecule has 2 rings (SSSR count). The molecule has 1 radical (unpaired) electrons. The predicted octanol–water partition coefficient (Wildman–Crippen LogP) is 4.40. The van der Waals surface area contributed by atoms with E-state index in [0.29, 0.717) is 12.2 Å². The highest BCUT2D eigenvalue weighted by atomic mass is 35.5. The minimum atomic E-state index is 0.271. The fraction of sp³-hybridized carbons (Fsp3) is 0.375. The number of carbonyl (C=O) groups is 1. The van der Waals surface area contributed by atoms with Crippen LogP contribution in [0.15, 0.2) is 36.9 Å². The summed E-state index contributed by atoms with van der Waals surface area (Å²) in [6.45, 7) is 3.65. The van der Waals surface area contributed by atoms with Crippen LogP contribution in [0.3, 0.4) is 0 Å². The fourth-order valence-electron chi connectivity index (χ4n) is 2.35. The normalized spacial score (nSPS) is 16.3. The number of carbonyl (C=O) groups excluding carboxylic acids is 1. The first-order chi connectivity index (χ1) is 8.69. The number of ketones is 1. The van der Waals surface area contributed by atoms with E-state index in [1.807, 2.05) is 18.2 Å². The number of allylic oxidation sites excluding steroid dienone is 1. The van der Waals surface area contributed by atoms with Crippen molar-refractivity contribution in [3.05, 3.63) is 53.4 Å². The monoisotopic (exact) mass is 261 g/mol. The molecule has 18 heavy (non-hydrogen) atoms. The zero-order valence-electron chi connectivity index (χ0n) is 10.5. The lowest BCUT2D eigenvalue weighted by molar-refractivity contribution is -0.124. The third kappa shape index (κ3) is 3.46. The molecule has 1 nitrogen and oxygen atoms in total. The molecule has 1 fully saturated rings. The lowest BCUT2D eigenvalue weighted by Crippen LogP contribution is -2.30. The number of hydrogen-bond acceptors (Lipinski definition) is 1. The van der Waals surface area contributed by atoms with Crippen molar-refractivity contribution in [2.45, 2.75) is 32.1 Å². The fourth-order valence-corrected chi connectivity index (χ4v) is 2.47. The van der Waals surface area contributed by atoms with Gasteiger partial charge in [0.05, 0.1) is 0 Å². The molecule has 2 heteroatoms. The molecule has 1 aliphatic carbocycles. The third-order valence-corrected chi connectivity index (χ3v) is 3.74. The van der Waals surface area contributed by atoms with Crippen LogP contribution in [0.25, 0.3) is 0 Å². The van der Waals surface area contributed by atoms with Crippen LogP contribution < -0.4 is 0 Å². The van der Waals surface area contributed by atoms with Crippen LogP contribution in [0.5, 0.6) is 0 Å². The average Bonchev–Trinajstić information content (AvgIpc) is 2.32. The zero-order valence-corrected chi connectivity index (χ0v) is 11.2. The summed E-state index contributed by atoms with van der Waals surface area (Å²) >= 11 is 5.85. The van der Waals surface area contributed by atoms with E-state index in [0.717, 1.165) is 30.7 Å². The van der Waals surface area contributed by atoms with Crippen molar-refractivity contribution < 1.29 is 4.79 Å². The Morgan fingerprint density at radius 2 is 2.00 bits per heavy atom. The van der Waals surface area contributed by atoms with Gasteiger partial charge in [-0.3, -0.25) is 4.79 Å². The van der Waals surface area contributed by atoms with E-state index in [1.54, 1.807) is 0 Å². The summed E-state index contributed by atoms with van der Waals surface area (Å²) in [5.41, 5.74) is 1.28. The van der Waals surface area contributed by atoms with Crippen molar-refractivity contribution in [3.63, 3.8) is 0 Å². The largest absolute Gasteiger partial charge is 0.299 e. The van der Waals surface area contributed by atoms with Crippen LogP contribution in [0, 0.1) is 11.8 Å². The maximum Gasteiger partial charge on any atom is 0.136 e. The van der Waals surface area contributed by atoms with Gasteiger partial charge in [-0.15, -0.1) is 6.58 Å². The molecule has 1 saturated carbocycles. The summed E-state index contributed by atoms with van der Waals surface area (Å²) in [7, 11) is 0. The molecule has 0 atom stereocenters. The van der Waals surface area contributed by atoms with Gasteiger partial charge in [-0.25, -0.2) is 0 Å². The van der Waals surface area contributed by atoms with E-state index < -0.39 is 0 Å². The Labute approximate surface area is 114 Å². The second-order valence-electron chi connectivity index (χ2n) is 4.95. The molecule has 1 aromatic carbocycles. The molecule has 1 aliphatic rings. The first-order valence-electron chi connectivity index (χ1n) is 6.40. The molecular formula is C16H18ClO. The van der Waals surface area contributed by atoms with Crippen LogP contribution in [0.1, 0.15) is 31.2 Å². The van der Waals surface area contributed by atoms with Gasteiger partial charge in [0.25, 0.3) is 0 Å². The van der Waals surface area contributed by atoms with Crippen molar-refractivity contribution in [3.8, 4) is 0 Å². The summed E-state index contributed by atoms with van der Waals surface area (Å²) in [4.78, 5) is 11.7. The van der Waals surface area contributed by atoms with Gasteiger partial charge in [-0.1, -0.05) is 29.8 Å². The predicted molar refractivity (Wildman–Crippen MR) is 75.6 cm³/mol. The zero-order chi connectivity index (χ0) is 13.0. The van der Waals surface area contributed by atoms with Crippen LogP contribution in [-0.4, -0.2) is 5.78 Å². The minimum absolute atomic E-state index is 0.271. The van der Waals surface area contributed by atoms with Crippen molar-refractivity contribution in [2.24, 2.45) is 5.92 Å². The van der Waals surface area contributed by atoms with Crippen molar-refractivity contribution in [1.82, 2.24) is 0 Å². The molecule has 0 N–H and O–H groups in total. The Morgan fingerprint density at radius 1 is 1.33 bits per heavy atom. The number of hydrogen-bond donors (Lipinski definition) is 0. The van der Waals surface area contributed by atoms with E-state index in [-0.39, 0.29) is 5.92 Å². The lowest BCUT2D eigenvalue weighted by atomic mass is 9.69. The molecule has 0 amide bonds.